The molecule has 0 aliphatic rings. The smallest absolute Gasteiger partial charge is 0.273 e. The molecule has 3 aromatic rings. The molecule has 0 unspecified atom stereocenters. The fourth-order valence-electron chi connectivity index (χ4n) is 2.74. The van der Waals surface area contributed by atoms with Gasteiger partial charge in [0.05, 0.1) is 6.04 Å². The topological polar surface area (TPSA) is 83.4 Å². The lowest BCUT2D eigenvalue weighted by molar-refractivity contribution is 0.0951. The number of aromatic nitrogens is 1. The molecule has 0 spiro atoms. The van der Waals surface area contributed by atoms with E-state index in [1.807, 2.05) is 60.7 Å². The molecular weight excluding hydrogens is 330 g/mol. The zero-order valence-corrected chi connectivity index (χ0v) is 14.2. The quantitative estimate of drug-likeness (QED) is 0.660. The highest BCUT2D eigenvalue weighted by Crippen LogP contribution is 2.24. The van der Waals surface area contributed by atoms with Crippen molar-refractivity contribution in [3.8, 4) is 5.75 Å². The number of benzene rings is 2. The van der Waals surface area contributed by atoms with Crippen LogP contribution in [0, 0.1) is 0 Å². The first-order valence-corrected chi connectivity index (χ1v) is 8.15. The van der Waals surface area contributed by atoms with E-state index in [-0.39, 0.29) is 11.7 Å². The van der Waals surface area contributed by atoms with E-state index in [4.69, 9.17) is 0 Å². The molecule has 2 aromatic carbocycles. The lowest BCUT2D eigenvalue weighted by atomic mass is 9.99. The third kappa shape index (κ3) is 3.44. The van der Waals surface area contributed by atoms with Crippen molar-refractivity contribution < 1.29 is 9.90 Å². The highest BCUT2D eigenvalue weighted by Gasteiger charge is 2.20. The molecule has 1 aromatic heterocycles. The second kappa shape index (κ2) is 7.57. The predicted molar refractivity (Wildman–Crippen MR) is 99.8 cm³/mol. The molecule has 1 amide bonds. The first-order chi connectivity index (χ1) is 12.6. The van der Waals surface area contributed by atoms with Gasteiger partial charge in [-0.2, -0.15) is 0 Å². The minimum absolute atomic E-state index is 0.142. The molecule has 1 heterocycles. The van der Waals surface area contributed by atoms with Crippen molar-refractivity contribution in [1.29, 1.82) is 0 Å². The number of pyridine rings is 1. The minimum Gasteiger partial charge on any atom is -0.502 e. The molecule has 6 nitrogen and oxygen atoms in total. The standard InChI is InChI=1S/C20H19N3O3/c1-21-20(26)18-19(25)16(24)12-13-23(18)22-17(14-8-4-2-5-9-14)15-10-6-3-7-11-15/h2-13,17,22,25H,1H3,(H,21,26). The lowest BCUT2D eigenvalue weighted by Crippen LogP contribution is -2.32. The van der Waals surface area contributed by atoms with Crippen LogP contribution in [0.15, 0.2) is 77.7 Å². The third-order valence-corrected chi connectivity index (χ3v) is 4.05. The van der Waals surface area contributed by atoms with Crippen LogP contribution in [0.1, 0.15) is 27.7 Å². The Morgan fingerprint density at radius 3 is 2.00 bits per heavy atom. The van der Waals surface area contributed by atoms with Crippen LogP contribution in [0.4, 0.5) is 0 Å². The summed E-state index contributed by atoms with van der Waals surface area (Å²) in [7, 11) is 1.44. The van der Waals surface area contributed by atoms with Gasteiger partial charge >= 0.3 is 0 Å². The highest BCUT2D eigenvalue weighted by atomic mass is 16.3. The van der Waals surface area contributed by atoms with E-state index in [0.29, 0.717) is 0 Å². The van der Waals surface area contributed by atoms with Gasteiger partial charge < -0.3 is 15.8 Å². The summed E-state index contributed by atoms with van der Waals surface area (Å²) in [6.07, 6.45) is 1.44. The van der Waals surface area contributed by atoms with Crippen LogP contribution in [0.3, 0.4) is 0 Å². The van der Waals surface area contributed by atoms with Gasteiger partial charge in [0.1, 0.15) is 0 Å². The van der Waals surface area contributed by atoms with Crippen molar-refractivity contribution in [1.82, 2.24) is 9.99 Å². The molecule has 3 N–H and O–H groups in total. The molecule has 0 bridgehead atoms. The zero-order valence-electron chi connectivity index (χ0n) is 14.2. The van der Waals surface area contributed by atoms with Crippen molar-refractivity contribution in [2.45, 2.75) is 6.04 Å². The average molecular weight is 349 g/mol. The summed E-state index contributed by atoms with van der Waals surface area (Å²) in [4.78, 5) is 24.0. The van der Waals surface area contributed by atoms with Gasteiger partial charge in [-0.1, -0.05) is 60.7 Å². The fourth-order valence-corrected chi connectivity index (χ4v) is 2.74. The molecule has 0 aliphatic carbocycles. The summed E-state index contributed by atoms with van der Waals surface area (Å²) in [5, 5.41) is 12.5. The van der Waals surface area contributed by atoms with Crippen molar-refractivity contribution in [3.05, 3.63) is 100.0 Å². The number of carbonyl (C=O) groups is 1. The summed E-state index contributed by atoms with van der Waals surface area (Å²) in [6, 6.07) is 20.3. The molecule has 0 aliphatic heterocycles. The Balaban J connectivity index is 2.10. The number of amides is 1. The van der Waals surface area contributed by atoms with Crippen molar-refractivity contribution in [3.63, 3.8) is 0 Å². The predicted octanol–water partition coefficient (Wildman–Crippen LogP) is 2.25. The Kier molecular flexibility index (Phi) is 5.03. The molecule has 132 valence electrons. The number of carbonyl (C=O) groups excluding carboxylic acids is 1. The van der Waals surface area contributed by atoms with Gasteiger partial charge in [0.15, 0.2) is 11.4 Å². The van der Waals surface area contributed by atoms with Crippen LogP contribution in [0.2, 0.25) is 0 Å². The van der Waals surface area contributed by atoms with Gasteiger partial charge in [-0.05, 0) is 11.1 Å². The first-order valence-electron chi connectivity index (χ1n) is 8.15. The Hall–Kier alpha value is -3.54. The summed E-state index contributed by atoms with van der Waals surface area (Å²) in [5.41, 5.74) is 4.41. The molecule has 0 saturated carbocycles. The Morgan fingerprint density at radius 2 is 1.50 bits per heavy atom. The van der Waals surface area contributed by atoms with E-state index in [9.17, 15) is 14.7 Å². The normalized spacial score (nSPS) is 10.5. The van der Waals surface area contributed by atoms with Crippen LogP contribution in [-0.2, 0) is 0 Å². The molecule has 26 heavy (non-hydrogen) atoms. The second-order valence-corrected chi connectivity index (χ2v) is 5.71. The molecule has 3 rings (SSSR count). The highest BCUT2D eigenvalue weighted by molar-refractivity contribution is 5.95. The Labute approximate surface area is 150 Å². The number of aromatic hydroxyl groups is 1. The molecule has 0 atom stereocenters. The summed E-state index contributed by atoms with van der Waals surface area (Å²) >= 11 is 0. The van der Waals surface area contributed by atoms with E-state index in [1.165, 1.54) is 24.0 Å². The van der Waals surface area contributed by atoms with Crippen LogP contribution in [0.25, 0.3) is 0 Å². The number of hydrogen-bond acceptors (Lipinski definition) is 4. The second-order valence-electron chi connectivity index (χ2n) is 5.71. The number of rotatable bonds is 5. The van der Waals surface area contributed by atoms with Crippen LogP contribution in [0.5, 0.6) is 5.75 Å². The number of hydrogen-bond donors (Lipinski definition) is 3. The summed E-state index contributed by atoms with van der Waals surface area (Å²) < 4.78 is 1.38. The van der Waals surface area contributed by atoms with Gasteiger partial charge in [0.2, 0.25) is 5.43 Å². The largest absolute Gasteiger partial charge is 0.502 e. The van der Waals surface area contributed by atoms with E-state index >= 15 is 0 Å². The monoisotopic (exact) mass is 349 g/mol. The van der Waals surface area contributed by atoms with E-state index in [2.05, 4.69) is 10.7 Å². The number of nitrogens with one attached hydrogen (secondary N) is 2. The van der Waals surface area contributed by atoms with Crippen molar-refractivity contribution >= 4 is 5.91 Å². The van der Waals surface area contributed by atoms with E-state index in [1.54, 1.807) is 0 Å². The lowest BCUT2D eigenvalue weighted by Gasteiger charge is -2.24. The maximum Gasteiger partial charge on any atom is 0.273 e. The van der Waals surface area contributed by atoms with Crippen LogP contribution in [-0.4, -0.2) is 22.7 Å². The van der Waals surface area contributed by atoms with Crippen molar-refractivity contribution in [2.24, 2.45) is 0 Å². The van der Waals surface area contributed by atoms with Gasteiger partial charge in [0, 0.05) is 19.3 Å². The zero-order chi connectivity index (χ0) is 18.5. The first kappa shape index (κ1) is 17.3. The maximum atomic E-state index is 12.2. The Bertz CT molecular complexity index is 914. The van der Waals surface area contributed by atoms with Crippen molar-refractivity contribution in [2.75, 3.05) is 12.5 Å². The molecule has 0 saturated heterocycles. The fraction of sp³-hybridized carbons (Fsp3) is 0.100. The molecule has 0 radical (unpaired) electrons. The summed E-state index contributed by atoms with van der Waals surface area (Å²) in [6.45, 7) is 0. The third-order valence-electron chi connectivity index (χ3n) is 4.05. The minimum atomic E-state index is -0.613. The van der Waals surface area contributed by atoms with Gasteiger partial charge in [0.25, 0.3) is 5.91 Å². The average Bonchev–Trinajstić information content (AvgIpc) is 2.69. The van der Waals surface area contributed by atoms with E-state index < -0.39 is 17.1 Å². The van der Waals surface area contributed by atoms with Gasteiger partial charge in [-0.25, -0.2) is 0 Å². The molecule has 6 heteroatoms. The van der Waals surface area contributed by atoms with Gasteiger partial charge in [-0.15, -0.1) is 0 Å². The van der Waals surface area contributed by atoms with Gasteiger partial charge in [-0.3, -0.25) is 14.3 Å². The van der Waals surface area contributed by atoms with Crippen LogP contribution >= 0.6 is 0 Å². The van der Waals surface area contributed by atoms with E-state index in [0.717, 1.165) is 11.1 Å². The van der Waals surface area contributed by atoms with Crippen LogP contribution < -0.4 is 16.2 Å². The SMILES string of the molecule is CNC(=O)c1c(O)c(=O)ccn1NC(c1ccccc1)c1ccccc1. The number of nitrogens with zero attached hydrogens (tertiary/aromatic N) is 1. The maximum absolute atomic E-state index is 12.2. The summed E-state index contributed by atoms with van der Waals surface area (Å²) in [5.74, 6) is -1.16. The molecular formula is C20H19N3O3. The molecule has 0 fully saturated rings. The Morgan fingerprint density at radius 1 is 0.962 bits per heavy atom.